The van der Waals surface area contributed by atoms with Gasteiger partial charge in [-0.15, -0.1) is 0 Å². The van der Waals surface area contributed by atoms with E-state index in [0.29, 0.717) is 10.6 Å². The highest BCUT2D eigenvalue weighted by atomic mass is 35.5. The molecule has 3 nitrogen and oxygen atoms in total. The maximum absolute atomic E-state index is 11.1. The normalized spacial score (nSPS) is 10.4. The van der Waals surface area contributed by atoms with Gasteiger partial charge in [-0.3, -0.25) is 0 Å². The van der Waals surface area contributed by atoms with Gasteiger partial charge in [-0.25, -0.2) is 4.79 Å². The molecule has 0 saturated heterocycles. The SMILES string of the molecule is COC(=O)c1cc2c(Cl)cccc2o1. The van der Waals surface area contributed by atoms with Crippen molar-refractivity contribution in [1.29, 1.82) is 0 Å². The molecular formula is C10H7ClO3. The van der Waals surface area contributed by atoms with E-state index in [1.54, 1.807) is 24.3 Å². The number of hydrogen-bond acceptors (Lipinski definition) is 3. The highest BCUT2D eigenvalue weighted by molar-refractivity contribution is 6.35. The summed E-state index contributed by atoms with van der Waals surface area (Å²) in [6.07, 6.45) is 0. The van der Waals surface area contributed by atoms with Crippen LogP contribution in [-0.4, -0.2) is 13.1 Å². The molecule has 0 fully saturated rings. The molecule has 0 aliphatic rings. The molecule has 0 bridgehead atoms. The summed E-state index contributed by atoms with van der Waals surface area (Å²) >= 11 is 5.91. The van der Waals surface area contributed by atoms with Crippen LogP contribution in [0.15, 0.2) is 28.7 Å². The first-order chi connectivity index (χ1) is 6.72. The van der Waals surface area contributed by atoms with Crippen LogP contribution < -0.4 is 0 Å². The molecule has 0 saturated carbocycles. The van der Waals surface area contributed by atoms with Crippen LogP contribution in [0.5, 0.6) is 0 Å². The molecule has 0 unspecified atom stereocenters. The second kappa shape index (κ2) is 3.35. The maximum atomic E-state index is 11.1. The standard InChI is InChI=1S/C10H7ClO3/c1-13-10(12)9-5-6-7(11)3-2-4-8(6)14-9/h2-5H,1H3. The van der Waals surface area contributed by atoms with Gasteiger partial charge in [0.05, 0.1) is 12.1 Å². The Balaban J connectivity index is 2.62. The van der Waals surface area contributed by atoms with E-state index in [1.165, 1.54) is 7.11 Å². The summed E-state index contributed by atoms with van der Waals surface area (Å²) in [5, 5.41) is 1.27. The predicted octanol–water partition coefficient (Wildman–Crippen LogP) is 2.87. The third kappa shape index (κ3) is 1.36. The van der Waals surface area contributed by atoms with Crippen molar-refractivity contribution in [3.8, 4) is 0 Å². The lowest BCUT2D eigenvalue weighted by atomic mass is 10.2. The highest BCUT2D eigenvalue weighted by Crippen LogP contribution is 2.26. The van der Waals surface area contributed by atoms with Crippen LogP contribution in [0.3, 0.4) is 0 Å². The van der Waals surface area contributed by atoms with Gasteiger partial charge in [0.25, 0.3) is 0 Å². The van der Waals surface area contributed by atoms with Crippen LogP contribution in [0.2, 0.25) is 5.02 Å². The molecule has 72 valence electrons. The van der Waals surface area contributed by atoms with Crippen molar-refractivity contribution in [3.05, 3.63) is 35.0 Å². The number of ether oxygens (including phenoxy) is 1. The van der Waals surface area contributed by atoms with Crippen molar-refractivity contribution in [2.75, 3.05) is 7.11 Å². The fourth-order valence-electron chi connectivity index (χ4n) is 1.23. The highest BCUT2D eigenvalue weighted by Gasteiger charge is 2.13. The number of rotatable bonds is 1. The molecule has 4 heteroatoms. The molecular weight excluding hydrogens is 204 g/mol. The fraction of sp³-hybridized carbons (Fsp3) is 0.100. The Morgan fingerprint density at radius 1 is 1.50 bits per heavy atom. The summed E-state index contributed by atoms with van der Waals surface area (Å²) < 4.78 is 9.77. The second-order valence-corrected chi connectivity index (χ2v) is 3.16. The molecule has 2 rings (SSSR count). The van der Waals surface area contributed by atoms with Gasteiger partial charge < -0.3 is 9.15 Å². The number of carbonyl (C=O) groups excluding carboxylic acids is 1. The number of methoxy groups -OCH3 is 1. The van der Waals surface area contributed by atoms with Gasteiger partial charge in [-0.1, -0.05) is 17.7 Å². The summed E-state index contributed by atoms with van der Waals surface area (Å²) in [5.74, 6) is -0.340. The van der Waals surface area contributed by atoms with Gasteiger partial charge in [-0.05, 0) is 12.1 Å². The number of hydrogen-bond donors (Lipinski definition) is 0. The topological polar surface area (TPSA) is 39.4 Å². The number of halogens is 1. The first-order valence-corrected chi connectivity index (χ1v) is 4.36. The Bertz CT molecular complexity index is 487. The largest absolute Gasteiger partial charge is 0.463 e. The molecule has 0 N–H and O–H groups in total. The first kappa shape index (κ1) is 9.09. The molecule has 1 aromatic carbocycles. The molecule has 0 radical (unpaired) electrons. The molecule has 0 spiro atoms. The van der Waals surface area contributed by atoms with Crippen molar-refractivity contribution in [2.24, 2.45) is 0 Å². The fourth-order valence-corrected chi connectivity index (χ4v) is 1.45. The molecule has 2 aromatic rings. The number of esters is 1. The zero-order valence-electron chi connectivity index (χ0n) is 7.41. The van der Waals surface area contributed by atoms with Gasteiger partial charge >= 0.3 is 5.97 Å². The van der Waals surface area contributed by atoms with Gasteiger partial charge in [0.2, 0.25) is 5.76 Å². The average molecular weight is 211 g/mol. The van der Waals surface area contributed by atoms with Crippen molar-refractivity contribution >= 4 is 28.5 Å². The van der Waals surface area contributed by atoms with E-state index in [2.05, 4.69) is 4.74 Å². The molecule has 14 heavy (non-hydrogen) atoms. The van der Waals surface area contributed by atoms with E-state index in [0.717, 1.165) is 5.39 Å². The van der Waals surface area contributed by atoms with E-state index in [-0.39, 0.29) is 5.76 Å². The summed E-state index contributed by atoms with van der Waals surface area (Å²) in [6.45, 7) is 0. The van der Waals surface area contributed by atoms with E-state index >= 15 is 0 Å². The van der Waals surface area contributed by atoms with E-state index in [4.69, 9.17) is 16.0 Å². The molecule has 1 aromatic heterocycles. The summed E-state index contributed by atoms with van der Waals surface area (Å²) in [7, 11) is 1.30. The summed E-state index contributed by atoms with van der Waals surface area (Å²) in [6, 6.07) is 6.81. The minimum atomic E-state index is -0.503. The van der Waals surface area contributed by atoms with Crippen LogP contribution in [0, 0.1) is 0 Å². The molecule has 0 aliphatic heterocycles. The van der Waals surface area contributed by atoms with Gasteiger partial charge in [0, 0.05) is 11.5 Å². The average Bonchev–Trinajstić information content (AvgIpc) is 2.62. The minimum absolute atomic E-state index is 0.163. The van der Waals surface area contributed by atoms with Crippen molar-refractivity contribution < 1.29 is 13.9 Å². The van der Waals surface area contributed by atoms with Crippen LogP contribution in [-0.2, 0) is 4.74 Å². The predicted molar refractivity (Wildman–Crippen MR) is 52.6 cm³/mol. The number of fused-ring (bicyclic) bond motifs is 1. The van der Waals surface area contributed by atoms with Crippen LogP contribution in [0.1, 0.15) is 10.6 Å². The maximum Gasteiger partial charge on any atom is 0.373 e. The van der Waals surface area contributed by atoms with Crippen LogP contribution >= 0.6 is 11.6 Å². The number of furan rings is 1. The number of benzene rings is 1. The lowest BCUT2D eigenvalue weighted by Gasteiger charge is -1.90. The van der Waals surface area contributed by atoms with Crippen LogP contribution in [0.4, 0.5) is 0 Å². The van der Waals surface area contributed by atoms with E-state index in [1.807, 2.05) is 0 Å². The molecule has 0 atom stereocenters. The van der Waals surface area contributed by atoms with Crippen LogP contribution in [0.25, 0.3) is 11.0 Å². The Hall–Kier alpha value is -1.48. The Kier molecular flexibility index (Phi) is 2.17. The zero-order chi connectivity index (χ0) is 10.1. The lowest BCUT2D eigenvalue weighted by Crippen LogP contribution is -1.97. The number of carbonyl (C=O) groups is 1. The molecule has 0 amide bonds. The van der Waals surface area contributed by atoms with Gasteiger partial charge in [0.1, 0.15) is 5.58 Å². The summed E-state index contributed by atoms with van der Waals surface area (Å²) in [4.78, 5) is 11.1. The monoisotopic (exact) mass is 210 g/mol. The second-order valence-electron chi connectivity index (χ2n) is 2.75. The van der Waals surface area contributed by atoms with Crippen molar-refractivity contribution in [3.63, 3.8) is 0 Å². The third-order valence-corrected chi connectivity index (χ3v) is 2.22. The first-order valence-electron chi connectivity index (χ1n) is 3.99. The third-order valence-electron chi connectivity index (χ3n) is 1.89. The van der Waals surface area contributed by atoms with Crippen molar-refractivity contribution in [2.45, 2.75) is 0 Å². The lowest BCUT2D eigenvalue weighted by molar-refractivity contribution is 0.0567. The van der Waals surface area contributed by atoms with Gasteiger partial charge in [-0.2, -0.15) is 0 Å². The van der Waals surface area contributed by atoms with E-state index < -0.39 is 5.97 Å². The minimum Gasteiger partial charge on any atom is -0.463 e. The van der Waals surface area contributed by atoms with Gasteiger partial charge in [0.15, 0.2) is 0 Å². The Morgan fingerprint density at radius 3 is 2.93 bits per heavy atom. The Morgan fingerprint density at radius 2 is 2.29 bits per heavy atom. The van der Waals surface area contributed by atoms with Crippen molar-refractivity contribution in [1.82, 2.24) is 0 Å². The quantitative estimate of drug-likeness (QED) is 0.680. The van der Waals surface area contributed by atoms with E-state index in [9.17, 15) is 4.79 Å². The zero-order valence-corrected chi connectivity index (χ0v) is 8.17. The Labute approximate surface area is 85.2 Å². The summed E-state index contributed by atoms with van der Waals surface area (Å²) in [5.41, 5.74) is 0.581. The molecule has 0 aliphatic carbocycles. The molecule has 1 heterocycles. The smallest absolute Gasteiger partial charge is 0.373 e.